The van der Waals surface area contributed by atoms with Crippen LogP contribution in [0.5, 0.6) is 5.75 Å². The Bertz CT molecular complexity index is 377. The highest BCUT2D eigenvalue weighted by atomic mass is 35.5. The first-order valence-corrected chi connectivity index (χ1v) is 6.93. The summed E-state index contributed by atoms with van der Waals surface area (Å²) < 4.78 is 5.74. The van der Waals surface area contributed by atoms with Crippen molar-refractivity contribution in [3.8, 4) is 5.75 Å². The predicted molar refractivity (Wildman–Crippen MR) is 76.2 cm³/mol. The van der Waals surface area contributed by atoms with Crippen LogP contribution in [0.25, 0.3) is 0 Å². The zero-order chi connectivity index (χ0) is 13.0. The molecule has 0 aromatic heterocycles. The van der Waals surface area contributed by atoms with Gasteiger partial charge in [0.05, 0.1) is 17.3 Å². The van der Waals surface area contributed by atoms with E-state index in [1.807, 2.05) is 12.1 Å². The van der Waals surface area contributed by atoms with Gasteiger partial charge in [0.1, 0.15) is 0 Å². The Morgan fingerprint density at radius 1 is 1.44 bits per heavy atom. The Kier molecular flexibility index (Phi) is 4.72. The second-order valence-corrected chi connectivity index (χ2v) is 5.33. The smallest absolute Gasteiger partial charge is 0.160 e. The molecule has 1 heterocycles. The lowest BCUT2D eigenvalue weighted by Gasteiger charge is -2.32. The van der Waals surface area contributed by atoms with Crippen molar-refractivity contribution < 1.29 is 4.74 Å². The molecule has 0 aliphatic carbocycles. The van der Waals surface area contributed by atoms with Crippen LogP contribution in [-0.2, 0) is 0 Å². The van der Waals surface area contributed by atoms with Crippen LogP contribution in [0.2, 0.25) is 5.02 Å². The van der Waals surface area contributed by atoms with Crippen molar-refractivity contribution in [1.82, 2.24) is 4.90 Å². The molecule has 1 aromatic carbocycles. The average molecular weight is 269 g/mol. The zero-order valence-electron chi connectivity index (χ0n) is 10.9. The van der Waals surface area contributed by atoms with E-state index >= 15 is 0 Å². The van der Waals surface area contributed by atoms with Crippen molar-refractivity contribution in [3.05, 3.63) is 23.2 Å². The van der Waals surface area contributed by atoms with Gasteiger partial charge in [0.15, 0.2) is 5.75 Å². The number of para-hydroxylation sites is 1. The molecule has 1 aromatic rings. The van der Waals surface area contributed by atoms with Crippen molar-refractivity contribution in [2.45, 2.75) is 31.7 Å². The van der Waals surface area contributed by atoms with Crippen molar-refractivity contribution in [2.24, 2.45) is 0 Å². The normalized spacial score (nSPS) is 20.9. The number of nitrogens with two attached hydrogens (primary N) is 1. The largest absolute Gasteiger partial charge is 0.490 e. The van der Waals surface area contributed by atoms with Crippen LogP contribution in [0, 0.1) is 0 Å². The summed E-state index contributed by atoms with van der Waals surface area (Å²) in [5.41, 5.74) is 6.46. The van der Waals surface area contributed by atoms with Gasteiger partial charge >= 0.3 is 0 Å². The molecule has 0 spiro atoms. The minimum atomic E-state index is 0.590. The van der Waals surface area contributed by atoms with E-state index in [0.717, 1.165) is 6.42 Å². The Hall–Kier alpha value is -0.930. The minimum Gasteiger partial charge on any atom is -0.490 e. The SMILES string of the molecule is CN1CCCCC1CCOc1c(N)cccc1Cl. The Labute approximate surface area is 114 Å². The van der Waals surface area contributed by atoms with Gasteiger partial charge in [0.25, 0.3) is 0 Å². The average Bonchev–Trinajstić information content (AvgIpc) is 2.35. The summed E-state index contributed by atoms with van der Waals surface area (Å²) in [6, 6.07) is 6.08. The molecule has 2 rings (SSSR count). The molecule has 3 nitrogen and oxygen atoms in total. The van der Waals surface area contributed by atoms with E-state index in [1.165, 1.54) is 25.8 Å². The number of nitrogen functional groups attached to an aromatic ring is 1. The van der Waals surface area contributed by atoms with Crippen LogP contribution in [0.3, 0.4) is 0 Å². The van der Waals surface area contributed by atoms with Crippen molar-refractivity contribution in [2.75, 3.05) is 25.9 Å². The third-order valence-electron chi connectivity index (χ3n) is 3.62. The summed E-state index contributed by atoms with van der Waals surface area (Å²) in [6.45, 7) is 1.86. The highest BCUT2D eigenvalue weighted by Crippen LogP contribution is 2.30. The molecule has 1 aliphatic rings. The molecule has 1 aliphatic heterocycles. The van der Waals surface area contributed by atoms with E-state index in [2.05, 4.69) is 11.9 Å². The number of nitrogens with zero attached hydrogens (tertiary/aromatic N) is 1. The van der Waals surface area contributed by atoms with E-state index in [9.17, 15) is 0 Å². The highest BCUT2D eigenvalue weighted by Gasteiger charge is 2.18. The van der Waals surface area contributed by atoms with Gasteiger partial charge in [0.2, 0.25) is 0 Å². The fourth-order valence-electron chi connectivity index (χ4n) is 2.48. The maximum absolute atomic E-state index is 6.06. The van der Waals surface area contributed by atoms with Crippen molar-refractivity contribution in [3.63, 3.8) is 0 Å². The Morgan fingerprint density at radius 2 is 2.28 bits per heavy atom. The molecular weight excluding hydrogens is 248 g/mol. The summed E-state index contributed by atoms with van der Waals surface area (Å²) in [7, 11) is 2.19. The molecule has 0 bridgehead atoms. The third-order valence-corrected chi connectivity index (χ3v) is 3.91. The fourth-order valence-corrected chi connectivity index (χ4v) is 2.72. The number of anilines is 1. The molecule has 0 amide bonds. The summed E-state index contributed by atoms with van der Waals surface area (Å²) in [6.07, 6.45) is 4.92. The molecule has 4 heteroatoms. The molecule has 1 saturated heterocycles. The zero-order valence-corrected chi connectivity index (χ0v) is 11.6. The molecule has 1 unspecified atom stereocenters. The lowest BCUT2D eigenvalue weighted by molar-refractivity contribution is 0.153. The standard InChI is InChI=1S/C14H21ClN2O/c1-17-9-3-2-5-11(17)8-10-18-14-12(15)6-4-7-13(14)16/h4,6-7,11H,2-3,5,8-10,16H2,1H3. The van der Waals surface area contributed by atoms with Crippen LogP contribution >= 0.6 is 11.6 Å². The van der Waals surface area contributed by atoms with Crippen molar-refractivity contribution in [1.29, 1.82) is 0 Å². The highest BCUT2D eigenvalue weighted by molar-refractivity contribution is 6.32. The third kappa shape index (κ3) is 3.30. The Balaban J connectivity index is 1.84. The number of hydrogen-bond donors (Lipinski definition) is 1. The topological polar surface area (TPSA) is 38.5 Å². The lowest BCUT2D eigenvalue weighted by atomic mass is 10.0. The van der Waals surface area contributed by atoms with E-state index in [1.54, 1.807) is 6.07 Å². The van der Waals surface area contributed by atoms with Gasteiger partial charge in [-0.15, -0.1) is 0 Å². The molecule has 0 radical (unpaired) electrons. The van der Waals surface area contributed by atoms with E-state index in [-0.39, 0.29) is 0 Å². The number of likely N-dealkylation sites (tertiary alicyclic amines) is 1. The van der Waals surface area contributed by atoms with Gasteiger partial charge in [-0.25, -0.2) is 0 Å². The first-order chi connectivity index (χ1) is 8.68. The number of hydrogen-bond acceptors (Lipinski definition) is 3. The molecule has 0 saturated carbocycles. The maximum atomic E-state index is 6.06. The lowest BCUT2D eigenvalue weighted by Crippen LogP contribution is -2.37. The second-order valence-electron chi connectivity index (χ2n) is 4.93. The van der Waals surface area contributed by atoms with E-state index in [4.69, 9.17) is 22.1 Å². The Morgan fingerprint density at radius 3 is 3.00 bits per heavy atom. The minimum absolute atomic E-state index is 0.590. The molecule has 100 valence electrons. The van der Waals surface area contributed by atoms with Gasteiger partial charge < -0.3 is 15.4 Å². The quantitative estimate of drug-likeness (QED) is 0.853. The van der Waals surface area contributed by atoms with E-state index in [0.29, 0.717) is 29.1 Å². The summed E-state index contributed by atoms with van der Waals surface area (Å²) in [5.74, 6) is 0.623. The first-order valence-electron chi connectivity index (χ1n) is 6.55. The predicted octanol–water partition coefficient (Wildman–Crippen LogP) is 3.18. The first kappa shape index (κ1) is 13.5. The van der Waals surface area contributed by atoms with Gasteiger partial charge in [-0.05, 0) is 45.0 Å². The molecule has 1 atom stereocenters. The van der Waals surface area contributed by atoms with Crippen LogP contribution in [0.4, 0.5) is 5.69 Å². The van der Waals surface area contributed by atoms with Gasteiger partial charge in [-0.2, -0.15) is 0 Å². The van der Waals surface area contributed by atoms with Gasteiger partial charge in [0, 0.05) is 6.04 Å². The second kappa shape index (κ2) is 6.30. The van der Waals surface area contributed by atoms with E-state index < -0.39 is 0 Å². The maximum Gasteiger partial charge on any atom is 0.160 e. The van der Waals surface area contributed by atoms with Crippen LogP contribution in [0.1, 0.15) is 25.7 Å². The summed E-state index contributed by atoms with van der Waals surface area (Å²) >= 11 is 6.06. The molecule has 2 N–H and O–H groups in total. The number of halogens is 1. The van der Waals surface area contributed by atoms with Crippen LogP contribution in [0.15, 0.2) is 18.2 Å². The summed E-state index contributed by atoms with van der Waals surface area (Å²) in [5, 5.41) is 0.590. The summed E-state index contributed by atoms with van der Waals surface area (Å²) in [4.78, 5) is 2.42. The molecule has 18 heavy (non-hydrogen) atoms. The number of rotatable bonds is 4. The number of piperidine rings is 1. The van der Waals surface area contributed by atoms with Gasteiger partial charge in [-0.1, -0.05) is 24.1 Å². The monoisotopic (exact) mass is 268 g/mol. The fraction of sp³-hybridized carbons (Fsp3) is 0.571. The molecular formula is C14H21ClN2O. The van der Waals surface area contributed by atoms with Crippen LogP contribution < -0.4 is 10.5 Å². The van der Waals surface area contributed by atoms with Gasteiger partial charge in [-0.3, -0.25) is 0 Å². The van der Waals surface area contributed by atoms with Crippen molar-refractivity contribution >= 4 is 17.3 Å². The number of benzene rings is 1. The molecule has 1 fully saturated rings. The van der Waals surface area contributed by atoms with Crippen LogP contribution in [-0.4, -0.2) is 31.1 Å². The number of ether oxygens (including phenoxy) is 1.